The van der Waals surface area contributed by atoms with Crippen LogP contribution in [0, 0.1) is 6.92 Å². The zero-order valence-electron chi connectivity index (χ0n) is 9.75. The Bertz CT molecular complexity index is 408. The zero-order valence-corrected chi connectivity index (χ0v) is 9.75. The van der Waals surface area contributed by atoms with Gasteiger partial charge in [0.05, 0.1) is 6.61 Å². The van der Waals surface area contributed by atoms with E-state index in [0.717, 1.165) is 5.56 Å². The minimum Gasteiger partial charge on any atom is -0.464 e. The number of anilines is 1. The number of nitrogen functional groups attached to an aromatic ring is 1. The van der Waals surface area contributed by atoms with Gasteiger partial charge in [-0.1, -0.05) is 0 Å². The highest BCUT2D eigenvalue weighted by Gasteiger charge is 2.28. The molecule has 17 heavy (non-hydrogen) atoms. The molecule has 1 aromatic heterocycles. The molecule has 94 valence electrons. The summed E-state index contributed by atoms with van der Waals surface area (Å²) < 4.78 is 4.61. The summed E-state index contributed by atoms with van der Waals surface area (Å²) in [5.74, 6) is -0.813. The molecular formula is C11H16N2O4. The topological polar surface area (TPSA) is 106 Å². The van der Waals surface area contributed by atoms with Crippen LogP contribution in [0.15, 0.2) is 12.3 Å². The molecular weight excluding hydrogens is 224 g/mol. The fourth-order valence-electron chi connectivity index (χ4n) is 1.37. The Morgan fingerprint density at radius 2 is 2.24 bits per heavy atom. The predicted molar refractivity (Wildman–Crippen MR) is 61.0 cm³/mol. The first kappa shape index (κ1) is 13.4. The minimum atomic E-state index is -1.67. The van der Waals surface area contributed by atoms with Crippen molar-refractivity contribution in [3.8, 4) is 0 Å². The smallest absolute Gasteiger partial charge is 0.338 e. The molecule has 1 rings (SSSR count). The second kappa shape index (κ2) is 5.60. The molecule has 2 unspecified atom stereocenters. The molecule has 1 heterocycles. The van der Waals surface area contributed by atoms with Crippen LogP contribution in [0.1, 0.15) is 24.2 Å². The van der Waals surface area contributed by atoms with Crippen LogP contribution in [0.5, 0.6) is 0 Å². The monoisotopic (exact) mass is 240 g/mol. The molecule has 0 aliphatic heterocycles. The number of aliphatic hydroxyl groups is 2. The molecule has 6 nitrogen and oxygen atoms in total. The van der Waals surface area contributed by atoms with Crippen LogP contribution in [0.2, 0.25) is 0 Å². The van der Waals surface area contributed by atoms with Crippen molar-refractivity contribution in [3.05, 3.63) is 23.4 Å². The maximum atomic E-state index is 11.3. The number of esters is 1. The molecule has 0 spiro atoms. The Hall–Kier alpha value is -1.66. The largest absolute Gasteiger partial charge is 0.464 e. The molecule has 4 N–H and O–H groups in total. The zero-order chi connectivity index (χ0) is 13.0. The lowest BCUT2D eigenvalue weighted by molar-refractivity contribution is -0.159. The fraction of sp³-hybridized carbons (Fsp3) is 0.455. The molecule has 0 aliphatic carbocycles. The van der Waals surface area contributed by atoms with Gasteiger partial charge in [0, 0.05) is 11.8 Å². The van der Waals surface area contributed by atoms with Gasteiger partial charge in [-0.15, -0.1) is 0 Å². The number of pyridine rings is 1. The maximum Gasteiger partial charge on any atom is 0.338 e. The van der Waals surface area contributed by atoms with Gasteiger partial charge in [0.1, 0.15) is 11.9 Å². The molecule has 0 aliphatic rings. The Morgan fingerprint density at radius 3 is 2.82 bits per heavy atom. The van der Waals surface area contributed by atoms with E-state index >= 15 is 0 Å². The van der Waals surface area contributed by atoms with Crippen molar-refractivity contribution in [1.29, 1.82) is 0 Å². The van der Waals surface area contributed by atoms with Crippen LogP contribution >= 0.6 is 0 Å². The highest BCUT2D eigenvalue weighted by atomic mass is 16.5. The Kier molecular flexibility index (Phi) is 4.42. The Morgan fingerprint density at radius 1 is 1.59 bits per heavy atom. The van der Waals surface area contributed by atoms with Gasteiger partial charge in [-0.25, -0.2) is 9.78 Å². The van der Waals surface area contributed by atoms with Crippen LogP contribution in [0.25, 0.3) is 0 Å². The molecule has 6 heteroatoms. The van der Waals surface area contributed by atoms with Gasteiger partial charge in [-0.2, -0.15) is 0 Å². The second-order valence-electron chi connectivity index (χ2n) is 3.63. The number of hydrogen-bond acceptors (Lipinski definition) is 6. The Labute approximate surface area is 99.0 Å². The van der Waals surface area contributed by atoms with E-state index in [9.17, 15) is 15.0 Å². The summed E-state index contributed by atoms with van der Waals surface area (Å²) in [7, 11) is 0. The van der Waals surface area contributed by atoms with E-state index in [1.54, 1.807) is 19.9 Å². The van der Waals surface area contributed by atoms with E-state index in [4.69, 9.17) is 5.73 Å². The minimum absolute atomic E-state index is 0.0754. The number of aryl methyl sites for hydroxylation is 1. The number of carbonyl (C=O) groups is 1. The van der Waals surface area contributed by atoms with E-state index < -0.39 is 18.2 Å². The van der Waals surface area contributed by atoms with E-state index in [0.29, 0.717) is 0 Å². The van der Waals surface area contributed by atoms with Crippen LogP contribution in [-0.2, 0) is 9.53 Å². The number of aliphatic hydroxyl groups excluding tert-OH is 2. The second-order valence-corrected chi connectivity index (χ2v) is 3.63. The van der Waals surface area contributed by atoms with Gasteiger partial charge in [-0.3, -0.25) is 0 Å². The standard InChI is InChI=1S/C11H16N2O4/c1-3-17-11(16)9(15)8(14)7-4-6(2)5-13-10(7)12/h4-5,8-9,14-15H,3H2,1-2H3,(H2,12,13). The maximum absolute atomic E-state index is 11.3. The summed E-state index contributed by atoms with van der Waals surface area (Å²) in [5, 5.41) is 19.4. The molecule has 0 fully saturated rings. The van der Waals surface area contributed by atoms with E-state index in [1.807, 2.05) is 0 Å². The summed E-state index contributed by atoms with van der Waals surface area (Å²) in [6.45, 7) is 3.50. The average molecular weight is 240 g/mol. The first-order chi connectivity index (χ1) is 7.97. The van der Waals surface area contributed by atoms with Crippen molar-refractivity contribution in [2.75, 3.05) is 12.3 Å². The van der Waals surface area contributed by atoms with Gasteiger partial charge >= 0.3 is 5.97 Å². The van der Waals surface area contributed by atoms with Gasteiger partial charge < -0.3 is 20.7 Å². The van der Waals surface area contributed by atoms with Crippen LogP contribution < -0.4 is 5.73 Å². The molecule has 0 bridgehead atoms. The van der Waals surface area contributed by atoms with Gasteiger partial charge in [0.2, 0.25) is 0 Å². The molecule has 0 aromatic carbocycles. The summed E-state index contributed by atoms with van der Waals surface area (Å²) in [4.78, 5) is 15.1. The van der Waals surface area contributed by atoms with Crippen molar-refractivity contribution in [3.63, 3.8) is 0 Å². The van der Waals surface area contributed by atoms with Crippen LogP contribution in [0.3, 0.4) is 0 Å². The highest BCUT2D eigenvalue weighted by Crippen LogP contribution is 2.23. The highest BCUT2D eigenvalue weighted by molar-refractivity contribution is 5.75. The third-order valence-corrected chi connectivity index (χ3v) is 2.23. The normalized spacial score (nSPS) is 14.1. The van der Waals surface area contributed by atoms with Gasteiger partial charge in [-0.05, 0) is 25.5 Å². The van der Waals surface area contributed by atoms with E-state index in [1.165, 1.54) is 6.20 Å². The lowest BCUT2D eigenvalue weighted by atomic mass is 10.0. The number of carbonyl (C=O) groups excluding carboxylic acids is 1. The quantitative estimate of drug-likeness (QED) is 0.636. The van der Waals surface area contributed by atoms with Gasteiger partial charge in [0.15, 0.2) is 6.10 Å². The van der Waals surface area contributed by atoms with Crippen molar-refractivity contribution in [2.24, 2.45) is 0 Å². The van der Waals surface area contributed by atoms with Crippen molar-refractivity contribution in [1.82, 2.24) is 4.98 Å². The third kappa shape index (κ3) is 3.15. The Balaban J connectivity index is 2.91. The number of ether oxygens (including phenoxy) is 1. The number of nitrogens with zero attached hydrogens (tertiary/aromatic N) is 1. The first-order valence-electron chi connectivity index (χ1n) is 5.22. The molecule has 0 saturated carbocycles. The first-order valence-corrected chi connectivity index (χ1v) is 5.22. The molecule has 1 aromatic rings. The third-order valence-electron chi connectivity index (χ3n) is 2.23. The number of nitrogens with two attached hydrogens (primary N) is 1. The predicted octanol–water partition coefficient (Wildman–Crippen LogP) is -0.0704. The van der Waals surface area contributed by atoms with Crippen molar-refractivity contribution in [2.45, 2.75) is 26.1 Å². The lowest BCUT2D eigenvalue weighted by Crippen LogP contribution is -2.30. The average Bonchev–Trinajstić information content (AvgIpc) is 2.30. The van der Waals surface area contributed by atoms with Crippen molar-refractivity contribution >= 4 is 11.8 Å². The molecule has 0 radical (unpaired) electrons. The summed E-state index contributed by atoms with van der Waals surface area (Å²) in [6.07, 6.45) is -1.58. The molecule has 0 amide bonds. The SMILES string of the molecule is CCOC(=O)C(O)C(O)c1cc(C)cnc1N. The summed E-state index contributed by atoms with van der Waals surface area (Å²) in [5.41, 5.74) is 6.55. The van der Waals surface area contributed by atoms with Gasteiger partial charge in [0.25, 0.3) is 0 Å². The lowest BCUT2D eigenvalue weighted by Gasteiger charge is -2.18. The van der Waals surface area contributed by atoms with Crippen LogP contribution in [0.4, 0.5) is 5.82 Å². The van der Waals surface area contributed by atoms with Crippen LogP contribution in [-0.4, -0.2) is 33.9 Å². The summed E-state index contributed by atoms with van der Waals surface area (Å²) in [6, 6.07) is 1.56. The van der Waals surface area contributed by atoms with E-state index in [-0.39, 0.29) is 18.0 Å². The van der Waals surface area contributed by atoms with Crippen molar-refractivity contribution < 1.29 is 19.7 Å². The molecule has 0 saturated heterocycles. The molecule has 2 atom stereocenters. The number of aromatic nitrogens is 1. The fourth-order valence-corrected chi connectivity index (χ4v) is 1.37. The number of hydrogen-bond donors (Lipinski definition) is 3. The summed E-state index contributed by atoms with van der Waals surface area (Å²) >= 11 is 0. The number of rotatable bonds is 4. The van der Waals surface area contributed by atoms with E-state index in [2.05, 4.69) is 9.72 Å².